The predicted molar refractivity (Wildman–Crippen MR) is 153 cm³/mol. The minimum absolute atomic E-state index is 0.0738. The number of aryl methyl sites for hydroxylation is 1. The first-order chi connectivity index (χ1) is 18.8. The molecular weight excluding hydrogens is 559 g/mol. The molecule has 1 aliphatic carbocycles. The number of carbonyl (C=O) groups is 2. The van der Waals surface area contributed by atoms with Crippen LogP contribution >= 0.6 is 34.5 Å². The number of carboxylic acid groups (broad SMARTS) is 1. The van der Waals surface area contributed by atoms with Gasteiger partial charge in [-0.05, 0) is 62.4 Å². The number of amides is 1. The van der Waals surface area contributed by atoms with Crippen molar-refractivity contribution in [1.29, 1.82) is 0 Å². The zero-order valence-electron chi connectivity index (χ0n) is 21.2. The molecule has 0 bridgehead atoms. The summed E-state index contributed by atoms with van der Waals surface area (Å²) in [6.07, 6.45) is 7.09. The van der Waals surface area contributed by atoms with Crippen LogP contribution in [0.3, 0.4) is 0 Å². The number of hydrogen-bond donors (Lipinski definition) is 1. The van der Waals surface area contributed by atoms with Crippen molar-refractivity contribution in [2.45, 2.75) is 51.6 Å². The number of hydrogen-bond acceptors (Lipinski definition) is 6. The molecular formula is C29H26Cl2N2O5S. The second-order valence-electron chi connectivity index (χ2n) is 9.42. The third-order valence-electron chi connectivity index (χ3n) is 6.64. The van der Waals surface area contributed by atoms with E-state index in [2.05, 4.69) is 11.7 Å². The molecule has 39 heavy (non-hydrogen) atoms. The minimum Gasteiger partial charge on any atom is -0.489 e. The van der Waals surface area contributed by atoms with Crippen LogP contribution in [0.1, 0.15) is 71.5 Å². The topological polar surface area (TPSA) is 92.9 Å². The molecule has 1 aliphatic heterocycles. The summed E-state index contributed by atoms with van der Waals surface area (Å²) in [5.41, 5.74) is 3.81. The molecule has 0 atom stereocenters. The lowest BCUT2D eigenvalue weighted by Crippen LogP contribution is -2.30. The molecule has 5 rings (SSSR count). The minimum atomic E-state index is -1.02. The van der Waals surface area contributed by atoms with Gasteiger partial charge in [-0.3, -0.25) is 9.69 Å². The van der Waals surface area contributed by atoms with E-state index in [-0.39, 0.29) is 18.1 Å². The average molecular weight is 586 g/mol. The van der Waals surface area contributed by atoms with Gasteiger partial charge in [0.15, 0.2) is 0 Å². The second kappa shape index (κ2) is 11.4. The molecule has 202 valence electrons. The monoisotopic (exact) mass is 584 g/mol. The summed E-state index contributed by atoms with van der Waals surface area (Å²) in [5, 5.41) is 16.7. The van der Waals surface area contributed by atoms with E-state index in [1.54, 1.807) is 24.0 Å². The first-order valence-electron chi connectivity index (χ1n) is 12.5. The number of nitrogens with zero attached hydrogens (tertiary/aromatic N) is 2. The number of rotatable bonds is 10. The summed E-state index contributed by atoms with van der Waals surface area (Å²) in [4.78, 5) is 25.7. The zero-order chi connectivity index (χ0) is 27.7. The second-order valence-corrected chi connectivity index (χ2v) is 11.3. The summed E-state index contributed by atoms with van der Waals surface area (Å²) in [6.45, 7) is 5.71. The van der Waals surface area contributed by atoms with Crippen LogP contribution in [0, 0.1) is 0 Å². The maximum absolute atomic E-state index is 12.8. The summed E-state index contributed by atoms with van der Waals surface area (Å²) in [7, 11) is 0. The number of carbonyl (C=O) groups excluding carboxylic acids is 1. The number of anilines is 2. The van der Waals surface area contributed by atoms with E-state index in [9.17, 15) is 14.7 Å². The van der Waals surface area contributed by atoms with Crippen molar-refractivity contribution in [3.8, 4) is 5.75 Å². The third-order valence-corrected chi connectivity index (χ3v) is 8.08. The van der Waals surface area contributed by atoms with Crippen LogP contribution in [-0.4, -0.2) is 22.1 Å². The molecule has 1 saturated carbocycles. The van der Waals surface area contributed by atoms with E-state index in [4.69, 9.17) is 32.5 Å². The first kappa shape index (κ1) is 27.2. The van der Waals surface area contributed by atoms with Gasteiger partial charge in [0.05, 0.1) is 16.8 Å². The number of halogens is 2. The lowest BCUT2D eigenvalue weighted by Gasteiger charge is -2.28. The number of aromatic nitrogens is 1. The molecule has 10 heteroatoms. The van der Waals surface area contributed by atoms with Crippen LogP contribution in [0.25, 0.3) is 5.57 Å². The Morgan fingerprint density at radius 3 is 2.77 bits per heavy atom. The lowest BCUT2D eigenvalue weighted by molar-refractivity contribution is -0.118. The fourth-order valence-electron chi connectivity index (χ4n) is 4.56. The van der Waals surface area contributed by atoms with Gasteiger partial charge in [0.2, 0.25) is 5.91 Å². The van der Waals surface area contributed by atoms with Crippen LogP contribution in [0.15, 0.2) is 63.0 Å². The van der Waals surface area contributed by atoms with E-state index in [1.807, 2.05) is 18.2 Å². The van der Waals surface area contributed by atoms with Crippen LogP contribution in [-0.2, 0) is 17.8 Å². The quantitative estimate of drug-likeness (QED) is 0.191. The van der Waals surface area contributed by atoms with Crippen molar-refractivity contribution >= 4 is 62.7 Å². The molecule has 0 radical (unpaired) electrons. The molecule has 2 aromatic heterocycles. The van der Waals surface area contributed by atoms with E-state index in [0.29, 0.717) is 57.3 Å². The number of aromatic carboxylic acids is 1. The molecule has 3 heterocycles. The van der Waals surface area contributed by atoms with Gasteiger partial charge in [-0.15, -0.1) is 17.9 Å². The highest BCUT2D eigenvalue weighted by Crippen LogP contribution is 2.45. The number of benzene rings is 1. The molecule has 1 aromatic carbocycles. The van der Waals surface area contributed by atoms with Gasteiger partial charge in [0.25, 0.3) is 0 Å². The number of ether oxygens (including phenoxy) is 1. The van der Waals surface area contributed by atoms with Crippen LogP contribution in [0.4, 0.5) is 10.7 Å². The van der Waals surface area contributed by atoms with Crippen LogP contribution < -0.4 is 9.64 Å². The standard InChI is InChI=1S/C29H26Cl2N2O5S/c1-3-4-5-22(31)26(16(2)30)27-21(28(38-32-27)17-6-7-17)14-37-20-9-10-23-18(12-20)8-11-24(34)33(23)25-13-19(15-39-25)29(35)36/h3,5,9-10,12-13,15,17H,1,4,6-8,11,14H2,2H3,(H,35,36)/b22-5+,26-16-. The Kier molecular flexibility index (Phi) is 7.98. The molecule has 1 amide bonds. The van der Waals surface area contributed by atoms with Gasteiger partial charge in [-0.25, -0.2) is 4.79 Å². The number of thiophene rings is 1. The van der Waals surface area contributed by atoms with E-state index in [1.165, 1.54) is 22.8 Å². The maximum atomic E-state index is 12.8. The average Bonchev–Trinajstić information content (AvgIpc) is 3.48. The molecule has 3 aromatic rings. The largest absolute Gasteiger partial charge is 0.489 e. The zero-order valence-corrected chi connectivity index (χ0v) is 23.5. The molecule has 7 nitrogen and oxygen atoms in total. The van der Waals surface area contributed by atoms with Gasteiger partial charge >= 0.3 is 5.97 Å². The fourth-order valence-corrected chi connectivity index (χ4v) is 6.04. The van der Waals surface area contributed by atoms with E-state index < -0.39 is 5.97 Å². The molecule has 1 fully saturated rings. The summed E-state index contributed by atoms with van der Waals surface area (Å²) in [5.74, 6) is 0.619. The molecule has 2 aliphatic rings. The Morgan fingerprint density at radius 2 is 2.10 bits per heavy atom. The van der Waals surface area contributed by atoms with Gasteiger partial charge in [-0.2, -0.15) is 0 Å². The number of carboxylic acids is 1. The Morgan fingerprint density at radius 1 is 1.31 bits per heavy atom. The highest BCUT2D eigenvalue weighted by Gasteiger charge is 2.34. The van der Waals surface area contributed by atoms with Crippen molar-refractivity contribution in [3.05, 3.63) is 86.6 Å². The maximum Gasteiger partial charge on any atom is 0.336 e. The SMILES string of the molecule is C=CC/C=C(Cl)\C(=C(/C)Cl)c1noc(C2CC2)c1COc1ccc2c(c1)CCC(=O)N2c1cc(C(=O)O)cs1. The Bertz CT molecular complexity index is 1510. The highest BCUT2D eigenvalue weighted by atomic mass is 35.5. The van der Waals surface area contributed by atoms with Crippen LogP contribution in [0.2, 0.25) is 0 Å². The molecule has 0 unspecified atom stereocenters. The summed E-state index contributed by atoms with van der Waals surface area (Å²) in [6, 6.07) is 7.09. The van der Waals surface area contributed by atoms with Gasteiger partial charge in [0, 0.05) is 33.4 Å². The van der Waals surface area contributed by atoms with Gasteiger partial charge < -0.3 is 14.4 Å². The van der Waals surface area contributed by atoms with E-state index >= 15 is 0 Å². The van der Waals surface area contributed by atoms with Crippen molar-refractivity contribution in [3.63, 3.8) is 0 Å². The van der Waals surface area contributed by atoms with Crippen LogP contribution in [0.5, 0.6) is 5.75 Å². The predicted octanol–water partition coefficient (Wildman–Crippen LogP) is 8.17. The lowest BCUT2D eigenvalue weighted by atomic mass is 10.0. The Balaban J connectivity index is 1.42. The number of allylic oxidation sites excluding steroid dienone is 5. The normalized spacial score (nSPS) is 16.1. The third kappa shape index (κ3) is 5.69. The smallest absolute Gasteiger partial charge is 0.336 e. The first-order valence-corrected chi connectivity index (χ1v) is 14.1. The molecule has 0 saturated heterocycles. The van der Waals surface area contributed by atoms with Crippen molar-refractivity contribution in [2.24, 2.45) is 0 Å². The molecule has 0 spiro atoms. The Labute approximate surface area is 240 Å². The van der Waals surface area contributed by atoms with Crippen molar-refractivity contribution < 1.29 is 24.0 Å². The van der Waals surface area contributed by atoms with Gasteiger partial charge in [0.1, 0.15) is 28.8 Å². The van der Waals surface area contributed by atoms with E-state index in [0.717, 1.165) is 35.4 Å². The molecule has 1 N–H and O–H groups in total. The highest BCUT2D eigenvalue weighted by molar-refractivity contribution is 7.14. The fraction of sp³-hybridized carbons (Fsp3) is 0.276. The summed E-state index contributed by atoms with van der Waals surface area (Å²) >= 11 is 14.3. The van der Waals surface area contributed by atoms with Crippen molar-refractivity contribution in [1.82, 2.24) is 5.16 Å². The number of fused-ring (bicyclic) bond motifs is 1. The van der Waals surface area contributed by atoms with Gasteiger partial charge in [-0.1, -0.05) is 40.5 Å². The summed E-state index contributed by atoms with van der Waals surface area (Å²) < 4.78 is 12.0. The van der Waals surface area contributed by atoms with Crippen molar-refractivity contribution in [2.75, 3.05) is 4.90 Å². The Hall–Kier alpha value is -3.33.